The molecule has 14 nitrogen and oxygen atoms in total. The number of aliphatic carboxylic acids is 1. The maximum Gasteiger partial charge on any atom is 0.349 e. The fourth-order valence-electron chi connectivity index (χ4n) is 4.31. The van der Waals surface area contributed by atoms with Gasteiger partial charge in [0.1, 0.15) is 11.5 Å². The van der Waals surface area contributed by atoms with E-state index in [1.54, 1.807) is 0 Å². The van der Waals surface area contributed by atoms with Crippen molar-refractivity contribution in [3.8, 4) is 11.5 Å². The quantitative estimate of drug-likeness (QED) is 0.121. The molecule has 0 unspecified atom stereocenters. The summed E-state index contributed by atoms with van der Waals surface area (Å²) < 4.78 is 20.6. The minimum atomic E-state index is -2.36. The average Bonchev–Trinajstić information content (AvgIpc) is 3.12. The van der Waals surface area contributed by atoms with Crippen LogP contribution in [-0.2, 0) is 30.3 Å². The molecule has 252 valence electrons. The Balaban J connectivity index is 1.48. The van der Waals surface area contributed by atoms with Crippen LogP contribution >= 0.6 is 0 Å². The summed E-state index contributed by atoms with van der Waals surface area (Å²) in [6.07, 6.45) is -4.50. The van der Waals surface area contributed by atoms with Gasteiger partial charge in [0.15, 0.2) is 0 Å². The molecule has 0 heterocycles. The highest BCUT2D eigenvalue weighted by atomic mass is 16.6. The molecule has 4 rings (SSSR count). The molecule has 2 atom stereocenters. The second-order valence-corrected chi connectivity index (χ2v) is 10.2. The highest BCUT2D eigenvalue weighted by Crippen LogP contribution is 2.19. The molecule has 0 fully saturated rings. The third-order valence-corrected chi connectivity index (χ3v) is 6.79. The predicted molar refractivity (Wildman–Crippen MR) is 173 cm³/mol. The first-order valence-electron chi connectivity index (χ1n) is 14.5. The number of hydrazine groups is 1. The molecule has 14 heteroatoms. The van der Waals surface area contributed by atoms with E-state index in [9.17, 15) is 33.9 Å². The molecule has 0 aliphatic rings. The lowest BCUT2D eigenvalue weighted by molar-refractivity contribution is -0.159. The number of methoxy groups -OCH3 is 2. The summed E-state index contributed by atoms with van der Waals surface area (Å²) in [5, 5.41) is 12.7. The van der Waals surface area contributed by atoms with E-state index in [0.29, 0.717) is 5.69 Å². The second kappa shape index (κ2) is 16.7. The number of ether oxygens (including phenoxy) is 4. The summed E-state index contributed by atoms with van der Waals surface area (Å²) in [7, 11) is 2.72. The van der Waals surface area contributed by atoms with Crippen LogP contribution in [0.25, 0.3) is 0 Å². The summed E-state index contributed by atoms with van der Waals surface area (Å²) in [5.41, 5.74) is 5.18. The van der Waals surface area contributed by atoms with Gasteiger partial charge in [-0.05, 0) is 66.2 Å². The lowest BCUT2D eigenvalue weighted by Crippen LogP contribution is -2.54. The third-order valence-electron chi connectivity index (χ3n) is 6.79. The Morgan fingerprint density at radius 3 is 1.71 bits per heavy atom. The Labute approximate surface area is 279 Å². The number of rotatable bonds is 13. The lowest BCUT2D eigenvalue weighted by Gasteiger charge is -2.23. The monoisotopic (exact) mass is 669 g/mol. The van der Waals surface area contributed by atoms with Crippen LogP contribution in [0.3, 0.4) is 0 Å². The Morgan fingerprint density at radius 2 is 1.18 bits per heavy atom. The van der Waals surface area contributed by atoms with Gasteiger partial charge in [-0.2, -0.15) is 0 Å². The van der Waals surface area contributed by atoms with Crippen molar-refractivity contribution in [3.63, 3.8) is 0 Å². The molecular formula is C35H31N3O11. The zero-order valence-corrected chi connectivity index (χ0v) is 26.2. The van der Waals surface area contributed by atoms with Gasteiger partial charge in [0.2, 0.25) is 18.1 Å². The first-order chi connectivity index (χ1) is 23.6. The van der Waals surface area contributed by atoms with Gasteiger partial charge in [-0.1, -0.05) is 42.5 Å². The van der Waals surface area contributed by atoms with Crippen LogP contribution in [0.5, 0.6) is 11.5 Å². The van der Waals surface area contributed by atoms with Crippen LogP contribution in [0.1, 0.15) is 36.6 Å². The highest BCUT2D eigenvalue weighted by molar-refractivity contribution is 6.00. The van der Waals surface area contributed by atoms with E-state index >= 15 is 0 Å². The van der Waals surface area contributed by atoms with Crippen molar-refractivity contribution in [2.45, 2.75) is 18.6 Å². The number of anilines is 1. The Morgan fingerprint density at radius 1 is 0.633 bits per heavy atom. The third kappa shape index (κ3) is 9.89. The van der Waals surface area contributed by atoms with Crippen molar-refractivity contribution in [3.05, 3.63) is 125 Å². The van der Waals surface area contributed by atoms with Gasteiger partial charge in [0.25, 0.3) is 11.8 Å². The van der Waals surface area contributed by atoms with Crippen molar-refractivity contribution in [2.24, 2.45) is 0 Å². The molecule has 0 aromatic heterocycles. The molecular weight excluding hydrogens is 638 g/mol. The van der Waals surface area contributed by atoms with E-state index in [0.717, 1.165) is 5.56 Å². The molecule has 4 N–H and O–H groups in total. The van der Waals surface area contributed by atoms with Gasteiger partial charge >= 0.3 is 17.9 Å². The van der Waals surface area contributed by atoms with Crippen LogP contribution in [0.15, 0.2) is 103 Å². The molecule has 0 radical (unpaired) electrons. The summed E-state index contributed by atoms with van der Waals surface area (Å²) in [6.45, 7) is 0. The maximum absolute atomic E-state index is 13.3. The fraction of sp³-hybridized carbons (Fsp3) is 0.143. The predicted octanol–water partition coefficient (Wildman–Crippen LogP) is 3.18. The van der Waals surface area contributed by atoms with Crippen molar-refractivity contribution >= 4 is 41.3 Å². The van der Waals surface area contributed by atoms with Gasteiger partial charge in [-0.15, -0.1) is 0 Å². The number of carbonyl (C=O) groups excluding carboxylic acids is 5. The zero-order chi connectivity index (χ0) is 35.3. The molecule has 0 spiro atoms. The van der Waals surface area contributed by atoms with Crippen LogP contribution < -0.4 is 25.6 Å². The van der Waals surface area contributed by atoms with Gasteiger partial charge < -0.3 is 29.4 Å². The Bertz CT molecular complexity index is 1830. The number of esters is 2. The molecule has 0 aliphatic heterocycles. The van der Waals surface area contributed by atoms with Gasteiger partial charge in [-0.25, -0.2) is 14.4 Å². The molecule has 4 aromatic rings. The molecule has 0 saturated carbocycles. The van der Waals surface area contributed by atoms with E-state index < -0.39 is 41.9 Å². The van der Waals surface area contributed by atoms with Crippen LogP contribution in [0.2, 0.25) is 0 Å². The van der Waals surface area contributed by atoms with Crippen molar-refractivity contribution < 1.29 is 52.8 Å². The normalized spacial score (nSPS) is 11.6. The van der Waals surface area contributed by atoms with E-state index in [1.807, 2.05) is 35.8 Å². The summed E-state index contributed by atoms with van der Waals surface area (Å²) in [6, 6.07) is 26.0. The maximum atomic E-state index is 13.3. The number of carboxylic acids is 1. The standard InChI is InChI=1S/C35H31N3O11/c1-46-26-12-6-10-23(19-26)34(44)48-29(30(33(42)43)49-35(45)24-11-7-13-27(20-24)47-2)32(41)38-37-31(40)22-14-16-25(17-15-22)36-28(39)18-21-8-4-3-5-9-21/h3-17,19-20,29-30H,18H2,1-2H3,(H,36,39)(H,37,40)(H,38,41)(H,42,43)/t29-,30-/m1/s1. The molecule has 0 aliphatic carbocycles. The highest BCUT2D eigenvalue weighted by Gasteiger charge is 2.41. The van der Waals surface area contributed by atoms with Crippen molar-refractivity contribution in [2.75, 3.05) is 19.5 Å². The van der Waals surface area contributed by atoms with E-state index in [2.05, 4.69) is 10.7 Å². The summed E-state index contributed by atoms with van der Waals surface area (Å²) >= 11 is 0. The smallest absolute Gasteiger partial charge is 0.349 e. The number of amides is 3. The molecule has 0 saturated heterocycles. The number of benzene rings is 4. The molecule has 0 bridgehead atoms. The number of hydrogen-bond donors (Lipinski definition) is 4. The number of hydrogen-bond acceptors (Lipinski definition) is 10. The van der Waals surface area contributed by atoms with E-state index in [4.69, 9.17) is 18.9 Å². The largest absolute Gasteiger partial charge is 0.497 e. The Hall–Kier alpha value is -6.70. The first-order valence-corrected chi connectivity index (χ1v) is 14.5. The molecule has 49 heavy (non-hydrogen) atoms. The van der Waals surface area contributed by atoms with Crippen molar-refractivity contribution in [1.29, 1.82) is 0 Å². The minimum absolute atomic E-state index is 0.0468. The Kier molecular flexibility index (Phi) is 12.0. The molecule has 4 aromatic carbocycles. The topological polar surface area (TPSA) is 196 Å². The minimum Gasteiger partial charge on any atom is -0.497 e. The van der Waals surface area contributed by atoms with E-state index in [1.165, 1.54) is 87.0 Å². The lowest BCUT2D eigenvalue weighted by atomic mass is 10.1. The summed E-state index contributed by atoms with van der Waals surface area (Å²) in [5.74, 6) is -6.06. The van der Waals surface area contributed by atoms with Crippen molar-refractivity contribution in [1.82, 2.24) is 10.9 Å². The zero-order valence-electron chi connectivity index (χ0n) is 26.2. The SMILES string of the molecule is COc1cccc(C(=O)O[C@@H](C(=O)O)[C@@H](OC(=O)c2cccc(OC)c2)C(=O)NNC(=O)c2ccc(NC(=O)Cc3ccccc3)cc2)c1. The number of carboxylic acid groups (broad SMARTS) is 1. The number of carbonyl (C=O) groups is 6. The second-order valence-electron chi connectivity index (χ2n) is 10.2. The van der Waals surface area contributed by atoms with Gasteiger partial charge in [-0.3, -0.25) is 25.2 Å². The first kappa shape index (κ1) is 35.2. The van der Waals surface area contributed by atoms with E-state index in [-0.39, 0.29) is 40.5 Å². The fourth-order valence-corrected chi connectivity index (χ4v) is 4.31. The summed E-state index contributed by atoms with van der Waals surface area (Å²) in [4.78, 5) is 76.8. The van der Waals surface area contributed by atoms with Crippen LogP contribution in [0.4, 0.5) is 5.69 Å². The van der Waals surface area contributed by atoms with Gasteiger partial charge in [0.05, 0.1) is 31.8 Å². The van der Waals surface area contributed by atoms with Crippen LogP contribution in [-0.4, -0.2) is 67.2 Å². The van der Waals surface area contributed by atoms with Crippen LogP contribution in [0, 0.1) is 0 Å². The van der Waals surface area contributed by atoms with Gasteiger partial charge in [0, 0.05) is 11.3 Å². The molecule has 3 amide bonds. The average molecular weight is 670 g/mol. The number of nitrogens with one attached hydrogen (secondary N) is 3.